The first-order valence-electron chi connectivity index (χ1n) is 25.8. The first-order valence-corrected chi connectivity index (χ1v) is 25.8. The van der Waals surface area contributed by atoms with Crippen LogP contribution in [0.3, 0.4) is 0 Å². The van der Waals surface area contributed by atoms with E-state index in [1.807, 2.05) is 24.3 Å². The summed E-state index contributed by atoms with van der Waals surface area (Å²) in [6.45, 7) is 11.8. The zero-order valence-electron chi connectivity index (χ0n) is 39.0. The number of rotatable bonds is 13. The van der Waals surface area contributed by atoms with Crippen LogP contribution in [0.2, 0.25) is 0 Å². The minimum atomic E-state index is -0.00754. The van der Waals surface area contributed by atoms with Crippen LogP contribution in [0, 0.1) is 59.2 Å². The van der Waals surface area contributed by atoms with Gasteiger partial charge in [-0.05, 0) is 185 Å². The Morgan fingerprint density at radius 1 is 0.517 bits per heavy atom. The molecule has 5 aliphatic rings. The molecule has 3 unspecified atom stereocenters. The van der Waals surface area contributed by atoms with Gasteiger partial charge in [-0.2, -0.15) is 0 Å². The highest BCUT2D eigenvalue weighted by Crippen LogP contribution is 2.43. The summed E-state index contributed by atoms with van der Waals surface area (Å²) in [5, 5.41) is 0. The zero-order valence-corrected chi connectivity index (χ0v) is 39.0. The van der Waals surface area contributed by atoms with Crippen LogP contribution in [0.15, 0.2) is 48.5 Å². The van der Waals surface area contributed by atoms with Crippen molar-refractivity contribution in [1.82, 2.24) is 0 Å². The Morgan fingerprint density at radius 3 is 1.42 bits per heavy atom. The van der Waals surface area contributed by atoms with Crippen molar-refractivity contribution in [2.24, 2.45) is 59.2 Å². The Morgan fingerprint density at radius 2 is 0.933 bits per heavy atom. The highest BCUT2D eigenvalue weighted by atomic mass is 16.5. The number of esters is 2. The fourth-order valence-electron chi connectivity index (χ4n) is 12.2. The van der Waals surface area contributed by atoms with Gasteiger partial charge in [-0.1, -0.05) is 130 Å². The first kappa shape index (κ1) is 46.9. The van der Waals surface area contributed by atoms with E-state index < -0.39 is 0 Å². The van der Waals surface area contributed by atoms with Crippen molar-refractivity contribution in [1.29, 1.82) is 0 Å². The lowest BCUT2D eigenvalue weighted by Gasteiger charge is -2.36. The van der Waals surface area contributed by atoms with Crippen LogP contribution in [0.25, 0.3) is 0 Å². The molecule has 3 atom stereocenters. The van der Waals surface area contributed by atoms with E-state index in [-0.39, 0.29) is 23.8 Å². The molecular weight excluding hydrogens is 737 g/mol. The first-order chi connectivity index (χ1) is 29.1. The van der Waals surface area contributed by atoms with Crippen molar-refractivity contribution < 1.29 is 19.1 Å². The van der Waals surface area contributed by atoms with Crippen LogP contribution >= 0.6 is 0 Å². The topological polar surface area (TPSA) is 52.6 Å². The molecule has 0 aromatic heterocycles. The van der Waals surface area contributed by atoms with E-state index >= 15 is 0 Å². The summed E-state index contributed by atoms with van der Waals surface area (Å²) in [7, 11) is 0. The summed E-state index contributed by atoms with van der Waals surface area (Å²) in [4.78, 5) is 25.5. The number of aryl methyl sites for hydroxylation is 1. The molecule has 0 heterocycles. The Bertz CT molecular complexity index is 1510. The molecule has 0 bridgehead atoms. The molecule has 0 N–H and O–H groups in total. The smallest absolute Gasteiger partial charge is 0.314 e. The van der Waals surface area contributed by atoms with Gasteiger partial charge >= 0.3 is 11.9 Å². The van der Waals surface area contributed by atoms with Crippen LogP contribution in [0.4, 0.5) is 0 Å². The largest absolute Gasteiger partial charge is 0.426 e. The van der Waals surface area contributed by atoms with Crippen LogP contribution in [0.1, 0.15) is 212 Å². The number of hydrogen-bond acceptors (Lipinski definition) is 4. The summed E-state index contributed by atoms with van der Waals surface area (Å²) in [6, 6.07) is 16.7. The summed E-state index contributed by atoms with van der Waals surface area (Å²) < 4.78 is 11.6. The molecular formula is C56H86O4. The van der Waals surface area contributed by atoms with E-state index in [4.69, 9.17) is 9.47 Å². The molecule has 2 aromatic rings. The van der Waals surface area contributed by atoms with Gasteiger partial charge in [0.15, 0.2) is 0 Å². The van der Waals surface area contributed by atoms with Crippen molar-refractivity contribution >= 4 is 11.9 Å². The maximum absolute atomic E-state index is 12.8. The third-order valence-corrected chi connectivity index (χ3v) is 16.6. The van der Waals surface area contributed by atoms with Crippen molar-refractivity contribution in [3.8, 4) is 11.5 Å². The van der Waals surface area contributed by atoms with Crippen LogP contribution in [-0.4, -0.2) is 11.9 Å². The van der Waals surface area contributed by atoms with Gasteiger partial charge in [-0.15, -0.1) is 0 Å². The lowest BCUT2D eigenvalue weighted by molar-refractivity contribution is -0.141. The molecule has 5 fully saturated rings. The second-order valence-electron chi connectivity index (χ2n) is 21.4. The average Bonchev–Trinajstić information content (AvgIpc) is 3.53. The van der Waals surface area contributed by atoms with Gasteiger partial charge in [0, 0.05) is 0 Å². The monoisotopic (exact) mass is 823 g/mol. The Hall–Kier alpha value is -2.62. The molecule has 4 nitrogen and oxygen atoms in total. The lowest BCUT2D eigenvalue weighted by atomic mass is 9.69. The van der Waals surface area contributed by atoms with Crippen LogP contribution < -0.4 is 9.47 Å². The Labute approximate surface area is 367 Å². The molecule has 0 radical (unpaired) electrons. The van der Waals surface area contributed by atoms with Crippen LogP contribution in [0.5, 0.6) is 11.5 Å². The summed E-state index contributed by atoms with van der Waals surface area (Å²) >= 11 is 0. The van der Waals surface area contributed by atoms with E-state index in [0.717, 1.165) is 85.2 Å². The average molecular weight is 823 g/mol. The fraction of sp³-hybridized carbons (Fsp3) is 0.750. The van der Waals surface area contributed by atoms with Gasteiger partial charge in [-0.25, -0.2) is 0 Å². The number of carbonyl (C=O) groups is 2. The van der Waals surface area contributed by atoms with E-state index in [9.17, 15) is 9.59 Å². The Kier molecular flexibility index (Phi) is 19.0. The third-order valence-electron chi connectivity index (χ3n) is 16.6. The van der Waals surface area contributed by atoms with E-state index in [2.05, 4.69) is 58.9 Å². The third kappa shape index (κ3) is 14.7. The van der Waals surface area contributed by atoms with Gasteiger partial charge in [0.1, 0.15) is 11.5 Å². The molecule has 5 aliphatic carbocycles. The van der Waals surface area contributed by atoms with E-state index in [0.29, 0.717) is 11.7 Å². The fourth-order valence-corrected chi connectivity index (χ4v) is 12.2. The molecule has 4 heteroatoms. The second-order valence-corrected chi connectivity index (χ2v) is 21.4. The van der Waals surface area contributed by atoms with Crippen molar-refractivity contribution in [2.45, 2.75) is 207 Å². The van der Waals surface area contributed by atoms with Crippen molar-refractivity contribution in [2.75, 3.05) is 0 Å². The molecule has 0 aliphatic heterocycles. The van der Waals surface area contributed by atoms with Crippen LogP contribution in [-0.2, 0) is 16.0 Å². The lowest BCUT2D eigenvalue weighted by Crippen LogP contribution is -2.29. The highest BCUT2D eigenvalue weighted by Gasteiger charge is 2.34. The van der Waals surface area contributed by atoms with Crippen molar-refractivity contribution in [3.63, 3.8) is 0 Å². The molecule has 0 amide bonds. The minimum absolute atomic E-state index is 0.00663. The molecule has 0 spiro atoms. The second kappa shape index (κ2) is 24.3. The molecule has 5 saturated carbocycles. The van der Waals surface area contributed by atoms with Gasteiger partial charge in [0.25, 0.3) is 0 Å². The Balaban J connectivity index is 0.000000201. The van der Waals surface area contributed by atoms with E-state index in [1.165, 1.54) is 146 Å². The van der Waals surface area contributed by atoms with Gasteiger partial charge in [0.05, 0.1) is 11.8 Å². The maximum Gasteiger partial charge on any atom is 0.314 e. The standard InChI is InChI=1S/C28H42O2.C28H44O2/c1-20-6-10-23(11-7-20)22-4-3-5-26(15-14-22)28(29)30-27-18-16-25(17-19-27)24-12-8-21(2)9-13-24;1-4-6-21(2)7-5-8-23-11-19-27(20-12-23)30-28(29)26-17-15-25(16-18-26)24-13-9-22(3)10-14-24/h16-24,26H,3-15H2,1-2H3;11-12,19-22,24-26H,4-10,13-18H2,1-3H3. The summed E-state index contributed by atoms with van der Waals surface area (Å²) in [5.74, 6) is 9.38. The molecule has 60 heavy (non-hydrogen) atoms. The van der Waals surface area contributed by atoms with Gasteiger partial charge < -0.3 is 9.47 Å². The summed E-state index contributed by atoms with van der Waals surface area (Å²) in [6.07, 6.45) is 33.0. The van der Waals surface area contributed by atoms with Gasteiger partial charge in [-0.3, -0.25) is 9.59 Å². The van der Waals surface area contributed by atoms with E-state index in [1.54, 1.807) is 0 Å². The number of carbonyl (C=O) groups excluding carboxylic acids is 2. The number of ether oxygens (including phenoxy) is 2. The SMILES string of the molecule is CC1CCC(c2ccc(OC(=O)C3CCCC(C4CCC(C)CC4)CC3)cc2)CC1.CCCC(C)CCCc1ccc(OC(=O)C2CCC(C3CCC(C)CC3)CC2)cc1. The normalized spacial score (nSPS) is 31.8. The maximum atomic E-state index is 12.8. The molecule has 0 saturated heterocycles. The summed E-state index contributed by atoms with van der Waals surface area (Å²) in [5.41, 5.74) is 2.77. The molecule has 7 rings (SSSR count). The minimum Gasteiger partial charge on any atom is -0.426 e. The van der Waals surface area contributed by atoms with Crippen molar-refractivity contribution in [3.05, 3.63) is 59.7 Å². The number of hydrogen-bond donors (Lipinski definition) is 0. The highest BCUT2D eigenvalue weighted by molar-refractivity contribution is 5.75. The van der Waals surface area contributed by atoms with Gasteiger partial charge in [0.2, 0.25) is 0 Å². The zero-order chi connectivity index (χ0) is 42.3. The molecule has 2 aromatic carbocycles. The number of benzene rings is 2. The quantitative estimate of drug-likeness (QED) is 0.115. The molecule has 334 valence electrons. The predicted molar refractivity (Wildman–Crippen MR) is 249 cm³/mol. The predicted octanol–water partition coefficient (Wildman–Crippen LogP) is 15.9.